The van der Waals surface area contributed by atoms with Crippen molar-refractivity contribution in [2.45, 2.75) is 40.0 Å². The van der Waals surface area contributed by atoms with Crippen LogP contribution in [0.3, 0.4) is 0 Å². The van der Waals surface area contributed by atoms with E-state index in [-0.39, 0.29) is 29.5 Å². The van der Waals surface area contributed by atoms with E-state index in [4.69, 9.17) is 4.74 Å². The fourth-order valence-corrected chi connectivity index (χ4v) is 4.28. The number of ether oxygens (including phenoxy) is 1. The summed E-state index contributed by atoms with van der Waals surface area (Å²) < 4.78 is 18.6. The average Bonchev–Trinajstić information content (AvgIpc) is 3.34. The molecule has 0 amide bonds. The predicted octanol–water partition coefficient (Wildman–Crippen LogP) is 5.02. The van der Waals surface area contributed by atoms with Gasteiger partial charge in [0.05, 0.1) is 13.0 Å². The molecule has 0 bridgehead atoms. The minimum absolute atomic E-state index is 0.0873. The molecule has 0 aliphatic heterocycles. The van der Waals surface area contributed by atoms with E-state index in [9.17, 15) is 9.18 Å². The van der Waals surface area contributed by atoms with Gasteiger partial charge in [-0.05, 0) is 43.9 Å². The number of carbonyl (C=O) groups excluding carboxylic acids is 1. The molecule has 3 unspecified atom stereocenters. The fraction of sp³-hybridized carbons (Fsp3) is 0.476. The largest absolute Gasteiger partial charge is 0.469 e. The number of carbonyl (C=O) groups is 1. The Bertz CT molecular complexity index is 725. The van der Waals surface area contributed by atoms with Gasteiger partial charge in [-0.2, -0.15) is 0 Å². The first-order chi connectivity index (χ1) is 11.4. The number of benzene rings is 1. The van der Waals surface area contributed by atoms with E-state index in [1.807, 2.05) is 0 Å². The number of rotatable bonds is 3. The van der Waals surface area contributed by atoms with Crippen LogP contribution in [0.2, 0.25) is 0 Å². The molecule has 2 aliphatic rings. The van der Waals surface area contributed by atoms with E-state index in [0.29, 0.717) is 5.92 Å². The average molecular weight is 328 g/mol. The van der Waals surface area contributed by atoms with Crippen molar-refractivity contribution in [2.24, 2.45) is 17.8 Å². The standard InChI is InChI=1S/C21H25FO2/c1-11(2)18-17-10-16(17)12(3)13(4)19(20(18)21(23)24-5)14-6-8-15(22)9-7-14/h6-9,11,16,19-20H,10H2,1-5H3. The molecule has 3 rings (SSSR count). The Morgan fingerprint density at radius 3 is 2.33 bits per heavy atom. The summed E-state index contributed by atoms with van der Waals surface area (Å²) in [5.74, 6) is -0.102. The summed E-state index contributed by atoms with van der Waals surface area (Å²) in [6.07, 6.45) is 1.06. The minimum atomic E-state index is -0.321. The lowest BCUT2D eigenvalue weighted by atomic mass is 9.74. The SMILES string of the molecule is COC(=O)C1C(C(C)C)=C2CC2C(C)=C(C)C1c1ccc(F)cc1. The smallest absolute Gasteiger partial charge is 0.313 e. The van der Waals surface area contributed by atoms with Crippen LogP contribution >= 0.6 is 0 Å². The van der Waals surface area contributed by atoms with Crippen LogP contribution in [0.5, 0.6) is 0 Å². The molecule has 0 radical (unpaired) electrons. The summed E-state index contributed by atoms with van der Waals surface area (Å²) in [5.41, 5.74) is 6.17. The van der Waals surface area contributed by atoms with Gasteiger partial charge in [0.25, 0.3) is 0 Å². The van der Waals surface area contributed by atoms with E-state index in [1.165, 1.54) is 41.5 Å². The lowest BCUT2D eigenvalue weighted by Crippen LogP contribution is -2.28. The van der Waals surface area contributed by atoms with Crippen LogP contribution in [0.15, 0.2) is 46.6 Å². The molecule has 2 nitrogen and oxygen atoms in total. The maximum Gasteiger partial charge on any atom is 0.313 e. The Kier molecular flexibility index (Phi) is 4.37. The molecule has 1 aromatic carbocycles. The summed E-state index contributed by atoms with van der Waals surface area (Å²) in [6.45, 7) is 8.57. The van der Waals surface area contributed by atoms with E-state index in [2.05, 4.69) is 27.7 Å². The number of methoxy groups -OCH3 is 1. The molecule has 24 heavy (non-hydrogen) atoms. The topological polar surface area (TPSA) is 26.3 Å². The van der Waals surface area contributed by atoms with Gasteiger partial charge in [0.15, 0.2) is 0 Å². The highest BCUT2D eigenvalue weighted by molar-refractivity contribution is 5.79. The highest BCUT2D eigenvalue weighted by Gasteiger charge is 2.47. The van der Waals surface area contributed by atoms with Gasteiger partial charge in [-0.3, -0.25) is 4.79 Å². The first-order valence-corrected chi connectivity index (χ1v) is 8.60. The Balaban J connectivity index is 2.20. The van der Waals surface area contributed by atoms with Crippen molar-refractivity contribution in [1.29, 1.82) is 0 Å². The van der Waals surface area contributed by atoms with Crippen LogP contribution in [0, 0.1) is 23.6 Å². The quantitative estimate of drug-likeness (QED) is 0.575. The Morgan fingerprint density at radius 1 is 1.17 bits per heavy atom. The van der Waals surface area contributed by atoms with Gasteiger partial charge in [-0.25, -0.2) is 4.39 Å². The Hall–Kier alpha value is -1.90. The molecular weight excluding hydrogens is 303 g/mol. The normalized spacial score (nSPS) is 26.4. The molecule has 1 fully saturated rings. The zero-order valence-electron chi connectivity index (χ0n) is 15.0. The van der Waals surface area contributed by atoms with Crippen LogP contribution in [-0.4, -0.2) is 13.1 Å². The summed E-state index contributed by atoms with van der Waals surface area (Å²) in [4.78, 5) is 12.7. The molecule has 1 saturated carbocycles. The van der Waals surface area contributed by atoms with Gasteiger partial charge in [0.2, 0.25) is 0 Å². The molecule has 3 heteroatoms. The molecule has 0 spiro atoms. The molecule has 0 saturated heterocycles. The Labute approximate surface area is 143 Å². The van der Waals surface area contributed by atoms with Crippen LogP contribution in [0.4, 0.5) is 4.39 Å². The van der Waals surface area contributed by atoms with Gasteiger partial charge in [-0.15, -0.1) is 0 Å². The summed E-state index contributed by atoms with van der Waals surface area (Å²) >= 11 is 0. The molecule has 1 aromatic rings. The molecule has 0 aromatic heterocycles. The molecule has 3 atom stereocenters. The molecule has 0 heterocycles. The van der Waals surface area contributed by atoms with Crippen molar-refractivity contribution in [3.8, 4) is 0 Å². The van der Waals surface area contributed by atoms with E-state index >= 15 is 0 Å². The minimum Gasteiger partial charge on any atom is -0.469 e. The second-order valence-electron chi connectivity index (χ2n) is 7.29. The molecular formula is C21H25FO2. The first kappa shape index (κ1) is 16.9. The number of hydrogen-bond acceptors (Lipinski definition) is 2. The maximum atomic E-state index is 13.4. The number of esters is 1. The Morgan fingerprint density at radius 2 is 1.79 bits per heavy atom. The summed E-state index contributed by atoms with van der Waals surface area (Å²) in [5, 5.41) is 0. The molecule has 0 N–H and O–H groups in total. The second-order valence-corrected chi connectivity index (χ2v) is 7.29. The molecule has 2 aliphatic carbocycles. The van der Waals surface area contributed by atoms with Crippen molar-refractivity contribution in [3.63, 3.8) is 0 Å². The van der Waals surface area contributed by atoms with Gasteiger partial charge < -0.3 is 4.74 Å². The summed E-state index contributed by atoms with van der Waals surface area (Å²) in [6, 6.07) is 6.54. The van der Waals surface area contributed by atoms with Crippen molar-refractivity contribution >= 4 is 5.97 Å². The van der Waals surface area contributed by atoms with Crippen LogP contribution in [-0.2, 0) is 9.53 Å². The number of allylic oxidation sites excluding steroid dienone is 3. The first-order valence-electron chi connectivity index (χ1n) is 8.60. The fourth-order valence-electron chi connectivity index (χ4n) is 4.28. The molecule has 128 valence electrons. The van der Waals surface area contributed by atoms with Crippen molar-refractivity contribution in [3.05, 3.63) is 57.9 Å². The van der Waals surface area contributed by atoms with E-state index < -0.39 is 0 Å². The third-order valence-corrected chi connectivity index (χ3v) is 5.64. The van der Waals surface area contributed by atoms with Crippen molar-refractivity contribution in [1.82, 2.24) is 0 Å². The van der Waals surface area contributed by atoms with Crippen LogP contribution in [0.25, 0.3) is 0 Å². The third kappa shape index (κ3) is 2.70. The lowest BCUT2D eigenvalue weighted by molar-refractivity contribution is -0.144. The van der Waals surface area contributed by atoms with Crippen LogP contribution < -0.4 is 0 Å². The highest BCUT2D eigenvalue weighted by atomic mass is 19.1. The maximum absolute atomic E-state index is 13.4. The highest BCUT2D eigenvalue weighted by Crippen LogP contribution is 2.56. The lowest BCUT2D eigenvalue weighted by Gasteiger charge is -2.30. The summed E-state index contributed by atoms with van der Waals surface area (Å²) in [7, 11) is 1.45. The number of hydrogen-bond donors (Lipinski definition) is 0. The number of fused-ring (bicyclic) bond motifs is 1. The van der Waals surface area contributed by atoms with Gasteiger partial charge >= 0.3 is 5.97 Å². The van der Waals surface area contributed by atoms with Crippen molar-refractivity contribution < 1.29 is 13.9 Å². The monoisotopic (exact) mass is 328 g/mol. The van der Waals surface area contributed by atoms with E-state index in [0.717, 1.165) is 12.0 Å². The zero-order valence-corrected chi connectivity index (χ0v) is 15.0. The van der Waals surface area contributed by atoms with Crippen LogP contribution in [0.1, 0.15) is 45.6 Å². The second kappa shape index (κ2) is 6.19. The van der Waals surface area contributed by atoms with Gasteiger partial charge in [0, 0.05) is 11.8 Å². The zero-order chi connectivity index (χ0) is 17.6. The van der Waals surface area contributed by atoms with Crippen molar-refractivity contribution in [2.75, 3.05) is 7.11 Å². The number of halogens is 1. The predicted molar refractivity (Wildman–Crippen MR) is 93.0 cm³/mol. The van der Waals surface area contributed by atoms with Gasteiger partial charge in [-0.1, -0.05) is 48.3 Å². The van der Waals surface area contributed by atoms with Gasteiger partial charge in [0.1, 0.15) is 5.82 Å². The third-order valence-electron chi connectivity index (χ3n) is 5.64. The van der Waals surface area contributed by atoms with E-state index in [1.54, 1.807) is 12.1 Å².